The summed E-state index contributed by atoms with van der Waals surface area (Å²) in [6.07, 6.45) is 6.12. The van der Waals surface area contributed by atoms with Crippen molar-refractivity contribution >= 4 is 0 Å². The summed E-state index contributed by atoms with van der Waals surface area (Å²) in [5.74, 6) is 0. The lowest BCUT2D eigenvalue weighted by Crippen LogP contribution is -2.45. The van der Waals surface area contributed by atoms with E-state index in [1.165, 1.54) is 6.42 Å². The molecule has 5 nitrogen and oxygen atoms in total. The Bertz CT molecular complexity index is 548. The van der Waals surface area contributed by atoms with Gasteiger partial charge in [0.05, 0.1) is 5.69 Å². The Morgan fingerprint density at radius 3 is 2.75 bits per heavy atom. The first-order valence-corrected chi connectivity index (χ1v) is 7.12. The molecule has 3 rings (SSSR count). The van der Waals surface area contributed by atoms with Crippen LogP contribution in [0, 0.1) is 0 Å². The number of nitrogens with one attached hydrogen (secondary N) is 1. The third-order valence-electron chi connectivity index (χ3n) is 3.89. The van der Waals surface area contributed by atoms with Gasteiger partial charge in [-0.3, -0.25) is 0 Å². The smallest absolute Gasteiger partial charge is 0.336 e. The highest BCUT2D eigenvalue weighted by atomic mass is 16.5. The van der Waals surface area contributed by atoms with Crippen molar-refractivity contribution in [2.45, 2.75) is 31.3 Å². The van der Waals surface area contributed by atoms with Gasteiger partial charge in [0.25, 0.3) is 0 Å². The fourth-order valence-corrected chi connectivity index (χ4v) is 2.52. The monoisotopic (exact) mass is 272 g/mol. The zero-order valence-electron chi connectivity index (χ0n) is 11.7. The van der Waals surface area contributed by atoms with Crippen LogP contribution >= 0.6 is 0 Å². The number of hydrogen-bond acceptors (Lipinski definition) is 4. The molecule has 0 radical (unpaired) electrons. The van der Waals surface area contributed by atoms with Gasteiger partial charge in [0.1, 0.15) is 11.9 Å². The van der Waals surface area contributed by atoms with Gasteiger partial charge in [0.15, 0.2) is 0 Å². The summed E-state index contributed by atoms with van der Waals surface area (Å²) in [6.45, 7) is 0.958. The van der Waals surface area contributed by atoms with Crippen LogP contribution in [-0.4, -0.2) is 34.0 Å². The van der Waals surface area contributed by atoms with Gasteiger partial charge in [-0.05, 0) is 51.4 Å². The van der Waals surface area contributed by atoms with Crippen molar-refractivity contribution in [3.05, 3.63) is 36.7 Å². The Morgan fingerprint density at radius 2 is 2.10 bits per heavy atom. The first-order chi connectivity index (χ1) is 9.81. The highest BCUT2D eigenvalue weighted by molar-refractivity contribution is 5.29. The lowest BCUT2D eigenvalue weighted by atomic mass is 9.77. The summed E-state index contributed by atoms with van der Waals surface area (Å²) in [5.41, 5.74) is 0.930. The molecule has 106 valence electrons. The molecule has 0 unspecified atom stereocenters. The quantitative estimate of drug-likeness (QED) is 0.875. The molecule has 5 heteroatoms. The zero-order valence-corrected chi connectivity index (χ0v) is 11.7. The molecule has 1 heterocycles. The van der Waals surface area contributed by atoms with E-state index in [-0.39, 0.29) is 5.60 Å². The zero-order chi connectivity index (χ0) is 13.8. The maximum atomic E-state index is 6.06. The highest BCUT2D eigenvalue weighted by Crippen LogP contribution is 2.38. The fraction of sp³-hybridized carbons (Fsp3) is 0.467. The van der Waals surface area contributed by atoms with Gasteiger partial charge >= 0.3 is 6.01 Å². The van der Waals surface area contributed by atoms with Crippen molar-refractivity contribution in [2.75, 3.05) is 13.6 Å². The predicted molar refractivity (Wildman–Crippen MR) is 77.1 cm³/mol. The summed E-state index contributed by atoms with van der Waals surface area (Å²) >= 11 is 0. The number of aromatic nitrogens is 3. The van der Waals surface area contributed by atoms with E-state index in [0.717, 1.165) is 31.5 Å². The minimum atomic E-state index is -0.0636. The van der Waals surface area contributed by atoms with Crippen LogP contribution in [-0.2, 0) is 0 Å². The molecule has 1 aliphatic carbocycles. The molecule has 1 aliphatic rings. The number of hydrogen-bond donors (Lipinski definition) is 1. The third-order valence-corrected chi connectivity index (χ3v) is 3.89. The first kappa shape index (κ1) is 13.1. The van der Waals surface area contributed by atoms with E-state index in [1.54, 1.807) is 11.0 Å². The highest BCUT2D eigenvalue weighted by Gasteiger charge is 2.39. The number of para-hydroxylation sites is 1. The summed E-state index contributed by atoms with van der Waals surface area (Å²) in [6, 6.07) is 10.4. The maximum Gasteiger partial charge on any atom is 0.336 e. The van der Waals surface area contributed by atoms with Crippen LogP contribution in [0.2, 0.25) is 0 Å². The van der Waals surface area contributed by atoms with Gasteiger partial charge in [-0.15, -0.1) is 5.10 Å². The summed E-state index contributed by atoms with van der Waals surface area (Å²) in [4.78, 5) is 4.28. The third kappa shape index (κ3) is 2.67. The molecule has 0 saturated heterocycles. The standard InChI is InChI=1S/C15H20N4O/c1-16-11-10-15(8-5-9-15)20-14-17-12-19(18-14)13-6-3-2-4-7-13/h2-4,6-7,12,16H,5,8-11H2,1H3. The maximum absolute atomic E-state index is 6.06. The van der Waals surface area contributed by atoms with E-state index in [0.29, 0.717) is 6.01 Å². The molecule has 1 fully saturated rings. The van der Waals surface area contributed by atoms with Gasteiger partial charge in [-0.25, -0.2) is 4.68 Å². The molecular formula is C15H20N4O. The molecule has 1 aromatic carbocycles. The molecule has 0 amide bonds. The SMILES string of the molecule is CNCCC1(Oc2ncn(-c3ccccc3)n2)CCC1. The molecule has 1 aromatic heterocycles. The van der Waals surface area contributed by atoms with E-state index in [1.807, 2.05) is 37.4 Å². The second-order valence-corrected chi connectivity index (χ2v) is 5.30. The minimum Gasteiger partial charge on any atom is -0.456 e. The van der Waals surface area contributed by atoms with E-state index in [9.17, 15) is 0 Å². The van der Waals surface area contributed by atoms with Crippen LogP contribution in [0.3, 0.4) is 0 Å². The second-order valence-electron chi connectivity index (χ2n) is 5.30. The molecule has 0 atom stereocenters. The van der Waals surface area contributed by atoms with Crippen molar-refractivity contribution < 1.29 is 4.74 Å². The van der Waals surface area contributed by atoms with Crippen LogP contribution in [0.1, 0.15) is 25.7 Å². The van der Waals surface area contributed by atoms with Crippen molar-refractivity contribution in [1.82, 2.24) is 20.1 Å². The Morgan fingerprint density at radius 1 is 1.30 bits per heavy atom. The predicted octanol–water partition coefficient (Wildman–Crippen LogP) is 2.18. The molecule has 20 heavy (non-hydrogen) atoms. The number of ether oxygens (including phenoxy) is 1. The van der Waals surface area contributed by atoms with Crippen molar-refractivity contribution in [3.63, 3.8) is 0 Å². The van der Waals surface area contributed by atoms with Gasteiger partial charge in [0, 0.05) is 0 Å². The van der Waals surface area contributed by atoms with Gasteiger partial charge in [-0.1, -0.05) is 18.2 Å². The van der Waals surface area contributed by atoms with Gasteiger partial charge < -0.3 is 10.1 Å². The normalized spacial score (nSPS) is 16.6. The van der Waals surface area contributed by atoms with Crippen LogP contribution < -0.4 is 10.1 Å². The van der Waals surface area contributed by atoms with E-state index in [2.05, 4.69) is 15.4 Å². The number of nitrogens with zero attached hydrogens (tertiary/aromatic N) is 3. The van der Waals surface area contributed by atoms with Gasteiger partial charge in [-0.2, -0.15) is 4.98 Å². The van der Waals surface area contributed by atoms with Gasteiger partial charge in [0.2, 0.25) is 0 Å². The first-order valence-electron chi connectivity index (χ1n) is 7.12. The molecular weight excluding hydrogens is 252 g/mol. The van der Waals surface area contributed by atoms with Crippen LogP contribution in [0.4, 0.5) is 0 Å². The van der Waals surface area contributed by atoms with Crippen molar-refractivity contribution in [2.24, 2.45) is 0 Å². The van der Waals surface area contributed by atoms with Crippen molar-refractivity contribution in [1.29, 1.82) is 0 Å². The fourth-order valence-electron chi connectivity index (χ4n) is 2.52. The summed E-state index contributed by atoms with van der Waals surface area (Å²) in [5, 5.41) is 7.60. The molecule has 1 N–H and O–H groups in total. The molecule has 0 aliphatic heterocycles. The average Bonchev–Trinajstić information content (AvgIpc) is 2.91. The Labute approximate surface area is 119 Å². The summed E-state index contributed by atoms with van der Waals surface area (Å²) < 4.78 is 7.81. The Hall–Kier alpha value is -1.88. The molecule has 0 spiro atoms. The lowest BCUT2D eigenvalue weighted by molar-refractivity contribution is -0.0213. The minimum absolute atomic E-state index is 0.0636. The largest absolute Gasteiger partial charge is 0.456 e. The van der Waals surface area contributed by atoms with E-state index >= 15 is 0 Å². The van der Waals surface area contributed by atoms with E-state index in [4.69, 9.17) is 4.74 Å². The number of rotatable bonds is 6. The molecule has 0 bridgehead atoms. The van der Waals surface area contributed by atoms with Crippen molar-refractivity contribution in [3.8, 4) is 11.7 Å². The topological polar surface area (TPSA) is 52.0 Å². The van der Waals surface area contributed by atoms with Crippen LogP contribution in [0.25, 0.3) is 5.69 Å². The average molecular weight is 272 g/mol. The van der Waals surface area contributed by atoms with Crippen LogP contribution in [0.5, 0.6) is 6.01 Å². The number of benzene rings is 1. The lowest BCUT2D eigenvalue weighted by Gasteiger charge is -2.40. The Balaban J connectivity index is 1.71. The molecule has 1 saturated carbocycles. The Kier molecular flexibility index (Phi) is 3.69. The van der Waals surface area contributed by atoms with Crippen LogP contribution in [0.15, 0.2) is 36.7 Å². The molecule has 2 aromatic rings. The van der Waals surface area contributed by atoms with E-state index < -0.39 is 0 Å². The second kappa shape index (κ2) is 5.63. The summed E-state index contributed by atoms with van der Waals surface area (Å²) in [7, 11) is 1.97.